The average Bonchev–Trinajstić information content (AvgIpc) is 2.59. The Morgan fingerprint density at radius 3 is 2.04 bits per heavy atom. The van der Waals surface area contributed by atoms with E-state index < -0.39 is 17.6 Å². The summed E-state index contributed by atoms with van der Waals surface area (Å²) in [5.41, 5.74) is 4.41. The van der Waals surface area contributed by atoms with Crippen molar-refractivity contribution < 1.29 is 23.5 Å². The maximum Gasteiger partial charge on any atom is 0.272 e. The van der Waals surface area contributed by atoms with Gasteiger partial charge in [0.1, 0.15) is 17.3 Å². The van der Waals surface area contributed by atoms with Gasteiger partial charge in [-0.3, -0.25) is 20.4 Å². The largest absolute Gasteiger partial charge is 0.497 e. The number of amides is 2. The van der Waals surface area contributed by atoms with E-state index in [0.29, 0.717) is 11.5 Å². The standard InChI is InChI=1S/C16H15FN2O4/c1-22-11-7-10(8-12(9-11)23-2)15(20)18-19-16(21)13-5-3-4-6-14(13)17/h3-9H,1-2H3,(H,18,20)(H,19,21). The lowest BCUT2D eigenvalue weighted by molar-refractivity contribution is 0.0844. The first-order chi connectivity index (χ1) is 11.0. The molecular formula is C16H15FN2O4. The maximum absolute atomic E-state index is 13.5. The van der Waals surface area contributed by atoms with E-state index in [1.807, 2.05) is 0 Å². The van der Waals surface area contributed by atoms with Crippen LogP contribution in [0.2, 0.25) is 0 Å². The quantitative estimate of drug-likeness (QED) is 0.845. The van der Waals surface area contributed by atoms with E-state index in [1.165, 1.54) is 44.6 Å². The maximum atomic E-state index is 13.5. The highest BCUT2D eigenvalue weighted by Gasteiger charge is 2.14. The van der Waals surface area contributed by atoms with Gasteiger partial charge in [-0.05, 0) is 24.3 Å². The second-order valence-electron chi connectivity index (χ2n) is 4.49. The number of benzene rings is 2. The van der Waals surface area contributed by atoms with Crippen molar-refractivity contribution in [1.82, 2.24) is 10.9 Å². The summed E-state index contributed by atoms with van der Waals surface area (Å²) >= 11 is 0. The van der Waals surface area contributed by atoms with Crippen molar-refractivity contribution in [3.8, 4) is 11.5 Å². The summed E-state index contributed by atoms with van der Waals surface area (Å²) in [4.78, 5) is 23.9. The number of carbonyl (C=O) groups is 2. The van der Waals surface area contributed by atoms with Crippen molar-refractivity contribution >= 4 is 11.8 Å². The van der Waals surface area contributed by atoms with Gasteiger partial charge < -0.3 is 9.47 Å². The van der Waals surface area contributed by atoms with Gasteiger partial charge in [-0.2, -0.15) is 0 Å². The van der Waals surface area contributed by atoms with E-state index in [1.54, 1.807) is 6.07 Å². The number of ether oxygens (including phenoxy) is 2. The van der Waals surface area contributed by atoms with Crippen molar-refractivity contribution in [3.63, 3.8) is 0 Å². The number of halogens is 1. The minimum atomic E-state index is -0.758. The van der Waals surface area contributed by atoms with E-state index in [4.69, 9.17) is 9.47 Å². The van der Waals surface area contributed by atoms with Crippen LogP contribution in [-0.2, 0) is 0 Å². The van der Waals surface area contributed by atoms with Gasteiger partial charge >= 0.3 is 0 Å². The summed E-state index contributed by atoms with van der Waals surface area (Å²) in [6.07, 6.45) is 0. The van der Waals surface area contributed by atoms with Crippen LogP contribution in [0.1, 0.15) is 20.7 Å². The molecule has 2 amide bonds. The van der Waals surface area contributed by atoms with Gasteiger partial charge in [0.2, 0.25) is 0 Å². The smallest absolute Gasteiger partial charge is 0.272 e. The summed E-state index contributed by atoms with van der Waals surface area (Å²) < 4.78 is 23.6. The fraction of sp³-hybridized carbons (Fsp3) is 0.125. The Bertz CT molecular complexity index is 712. The predicted molar refractivity (Wildman–Crippen MR) is 80.9 cm³/mol. The molecule has 2 rings (SSSR count). The lowest BCUT2D eigenvalue weighted by Crippen LogP contribution is -2.41. The Hall–Kier alpha value is -3.09. The lowest BCUT2D eigenvalue weighted by Gasteiger charge is -2.10. The van der Waals surface area contributed by atoms with Gasteiger partial charge in [-0.15, -0.1) is 0 Å². The first-order valence-corrected chi connectivity index (χ1v) is 6.63. The van der Waals surface area contributed by atoms with E-state index in [9.17, 15) is 14.0 Å². The van der Waals surface area contributed by atoms with Crippen LogP contribution in [0.15, 0.2) is 42.5 Å². The average molecular weight is 318 g/mol. The van der Waals surface area contributed by atoms with Gasteiger partial charge in [0.15, 0.2) is 0 Å². The zero-order valence-corrected chi connectivity index (χ0v) is 12.6. The molecule has 0 radical (unpaired) electrons. The number of nitrogens with one attached hydrogen (secondary N) is 2. The summed E-state index contributed by atoms with van der Waals surface area (Å²) in [6, 6.07) is 10.0. The third-order valence-electron chi connectivity index (χ3n) is 3.02. The van der Waals surface area contributed by atoms with Gasteiger partial charge in [0.05, 0.1) is 19.8 Å². The molecule has 2 aromatic carbocycles. The van der Waals surface area contributed by atoms with Crippen LogP contribution in [0.5, 0.6) is 11.5 Å². The zero-order chi connectivity index (χ0) is 16.8. The normalized spacial score (nSPS) is 9.87. The molecule has 0 fully saturated rings. The van der Waals surface area contributed by atoms with Gasteiger partial charge in [0, 0.05) is 11.6 Å². The zero-order valence-electron chi connectivity index (χ0n) is 12.6. The molecule has 23 heavy (non-hydrogen) atoms. The monoisotopic (exact) mass is 318 g/mol. The van der Waals surface area contributed by atoms with Crippen LogP contribution in [-0.4, -0.2) is 26.0 Å². The van der Waals surface area contributed by atoms with Crippen LogP contribution in [0.25, 0.3) is 0 Å². The number of hydrogen-bond acceptors (Lipinski definition) is 4. The van der Waals surface area contributed by atoms with Crippen molar-refractivity contribution in [2.75, 3.05) is 14.2 Å². The molecule has 0 aliphatic heterocycles. The molecule has 0 heterocycles. The molecular weight excluding hydrogens is 303 g/mol. The summed E-state index contributed by atoms with van der Waals surface area (Å²) in [5.74, 6) is -1.18. The Balaban J connectivity index is 2.08. The van der Waals surface area contributed by atoms with Crippen LogP contribution < -0.4 is 20.3 Å². The van der Waals surface area contributed by atoms with Crippen LogP contribution in [0, 0.1) is 5.82 Å². The molecule has 6 nitrogen and oxygen atoms in total. The molecule has 0 saturated carbocycles. The number of methoxy groups -OCH3 is 2. The molecule has 0 spiro atoms. The number of carbonyl (C=O) groups excluding carboxylic acids is 2. The fourth-order valence-electron chi connectivity index (χ4n) is 1.84. The number of hydrogen-bond donors (Lipinski definition) is 2. The van der Waals surface area contributed by atoms with Crippen LogP contribution >= 0.6 is 0 Å². The molecule has 2 aromatic rings. The van der Waals surface area contributed by atoms with E-state index in [-0.39, 0.29) is 11.1 Å². The molecule has 0 saturated heterocycles. The lowest BCUT2D eigenvalue weighted by atomic mass is 10.2. The Morgan fingerprint density at radius 2 is 1.48 bits per heavy atom. The molecule has 0 bridgehead atoms. The molecule has 7 heteroatoms. The summed E-state index contributed by atoms with van der Waals surface area (Å²) in [5, 5.41) is 0. The van der Waals surface area contributed by atoms with Crippen molar-refractivity contribution in [2.24, 2.45) is 0 Å². The molecule has 120 valence electrons. The number of rotatable bonds is 4. The van der Waals surface area contributed by atoms with E-state index in [0.717, 1.165) is 6.07 Å². The molecule has 0 atom stereocenters. The molecule has 0 aliphatic rings. The van der Waals surface area contributed by atoms with Crippen molar-refractivity contribution in [3.05, 3.63) is 59.4 Å². The topological polar surface area (TPSA) is 76.7 Å². The van der Waals surface area contributed by atoms with E-state index >= 15 is 0 Å². The highest BCUT2D eigenvalue weighted by atomic mass is 19.1. The summed E-state index contributed by atoms with van der Waals surface area (Å²) in [7, 11) is 2.91. The SMILES string of the molecule is COc1cc(OC)cc(C(=O)NNC(=O)c2ccccc2F)c1. The Morgan fingerprint density at radius 1 is 0.913 bits per heavy atom. The van der Waals surface area contributed by atoms with Crippen LogP contribution in [0.3, 0.4) is 0 Å². The van der Waals surface area contributed by atoms with E-state index in [2.05, 4.69) is 10.9 Å². The second-order valence-corrected chi connectivity index (χ2v) is 4.49. The van der Waals surface area contributed by atoms with Crippen LogP contribution in [0.4, 0.5) is 4.39 Å². The highest BCUT2D eigenvalue weighted by Crippen LogP contribution is 2.22. The first-order valence-electron chi connectivity index (χ1n) is 6.63. The predicted octanol–water partition coefficient (Wildman–Crippen LogP) is 1.92. The van der Waals surface area contributed by atoms with Crippen molar-refractivity contribution in [1.29, 1.82) is 0 Å². The molecule has 0 unspecified atom stereocenters. The minimum Gasteiger partial charge on any atom is -0.497 e. The van der Waals surface area contributed by atoms with Gasteiger partial charge in [0.25, 0.3) is 11.8 Å². The van der Waals surface area contributed by atoms with Gasteiger partial charge in [-0.1, -0.05) is 12.1 Å². The third-order valence-corrected chi connectivity index (χ3v) is 3.02. The fourth-order valence-corrected chi connectivity index (χ4v) is 1.84. The molecule has 0 aliphatic carbocycles. The summed E-state index contributed by atoms with van der Waals surface area (Å²) in [6.45, 7) is 0. The Kier molecular flexibility index (Phi) is 5.14. The molecule has 2 N–H and O–H groups in total. The van der Waals surface area contributed by atoms with Crippen molar-refractivity contribution in [2.45, 2.75) is 0 Å². The third kappa shape index (κ3) is 3.97. The second kappa shape index (κ2) is 7.26. The van der Waals surface area contributed by atoms with Gasteiger partial charge in [-0.25, -0.2) is 4.39 Å². The highest BCUT2D eigenvalue weighted by molar-refractivity contribution is 5.99. The first kappa shape index (κ1) is 16.3. The number of hydrazine groups is 1. The molecule has 0 aromatic heterocycles. The Labute approximate surface area is 132 Å². The minimum absolute atomic E-state index is 0.170.